The van der Waals surface area contributed by atoms with Crippen molar-refractivity contribution in [2.45, 2.75) is 31.3 Å². The summed E-state index contributed by atoms with van der Waals surface area (Å²) in [5.74, 6) is 0.00208. The van der Waals surface area contributed by atoms with E-state index in [0.29, 0.717) is 18.4 Å². The molecule has 0 saturated heterocycles. The fraction of sp³-hybridized carbons (Fsp3) is 0.455. The monoisotopic (exact) mass is 194 g/mol. The van der Waals surface area contributed by atoms with Crippen LogP contribution in [0.2, 0.25) is 0 Å². The van der Waals surface area contributed by atoms with E-state index >= 15 is 0 Å². The van der Waals surface area contributed by atoms with Crippen LogP contribution in [0.1, 0.15) is 31.2 Å². The Hall–Kier alpha value is -1.22. The third-order valence-corrected chi connectivity index (χ3v) is 2.91. The van der Waals surface area contributed by atoms with Crippen molar-refractivity contribution in [3.8, 4) is 11.5 Å². The molecule has 0 aliphatic heterocycles. The van der Waals surface area contributed by atoms with Crippen LogP contribution < -0.4 is 0 Å². The summed E-state index contributed by atoms with van der Waals surface area (Å²) in [6.07, 6.45) is 3.34. The second-order valence-electron chi connectivity index (χ2n) is 3.94. The topological polar surface area (TPSA) is 60.7 Å². The van der Waals surface area contributed by atoms with Crippen LogP contribution in [-0.2, 0) is 5.60 Å². The van der Waals surface area contributed by atoms with Gasteiger partial charge in [-0.15, -0.1) is 0 Å². The van der Waals surface area contributed by atoms with Crippen molar-refractivity contribution in [2.24, 2.45) is 0 Å². The molecule has 0 bridgehead atoms. The number of rotatable bonds is 1. The summed E-state index contributed by atoms with van der Waals surface area (Å²) in [5.41, 5.74) is -0.356. The van der Waals surface area contributed by atoms with Crippen LogP contribution in [-0.4, -0.2) is 15.3 Å². The van der Waals surface area contributed by atoms with Gasteiger partial charge in [0.15, 0.2) is 0 Å². The third-order valence-electron chi connectivity index (χ3n) is 2.91. The normalized spacial score (nSPS) is 19.8. The van der Waals surface area contributed by atoms with E-state index in [2.05, 4.69) is 0 Å². The quantitative estimate of drug-likeness (QED) is 0.639. The van der Waals surface area contributed by atoms with Gasteiger partial charge in [0.1, 0.15) is 11.5 Å². The van der Waals surface area contributed by atoms with Gasteiger partial charge in [-0.05, 0) is 25.0 Å². The summed E-state index contributed by atoms with van der Waals surface area (Å²) >= 11 is 0. The van der Waals surface area contributed by atoms with E-state index < -0.39 is 5.60 Å². The Morgan fingerprint density at radius 1 is 1.07 bits per heavy atom. The Labute approximate surface area is 82.6 Å². The molecular formula is C11H14O3. The van der Waals surface area contributed by atoms with E-state index in [9.17, 15) is 10.2 Å². The Kier molecular flexibility index (Phi) is 2.11. The summed E-state index contributed by atoms with van der Waals surface area (Å²) in [6, 6.07) is 4.35. The molecule has 3 N–H and O–H groups in total. The molecule has 0 amide bonds. The first-order valence-electron chi connectivity index (χ1n) is 4.87. The molecule has 1 saturated carbocycles. The molecule has 0 spiro atoms. The number of phenols is 2. The fourth-order valence-electron chi connectivity index (χ4n) is 2.14. The molecule has 1 aromatic carbocycles. The average Bonchev–Trinajstić information content (AvgIpc) is 2.52. The number of aliphatic hydroxyl groups is 1. The largest absolute Gasteiger partial charge is 0.508 e. The molecule has 1 fully saturated rings. The molecule has 0 unspecified atom stereocenters. The number of hydrogen-bond acceptors (Lipinski definition) is 3. The molecule has 1 aliphatic carbocycles. The zero-order valence-electron chi connectivity index (χ0n) is 7.90. The van der Waals surface area contributed by atoms with Gasteiger partial charge in [0.25, 0.3) is 0 Å². The molecule has 2 rings (SSSR count). The molecule has 76 valence electrons. The molecule has 0 aromatic heterocycles. The van der Waals surface area contributed by atoms with E-state index in [1.54, 1.807) is 6.07 Å². The van der Waals surface area contributed by atoms with Crippen molar-refractivity contribution >= 4 is 0 Å². The number of phenolic OH excluding ortho intramolecular Hbond substituents is 2. The highest BCUT2D eigenvalue weighted by molar-refractivity contribution is 5.42. The van der Waals surface area contributed by atoms with Crippen LogP contribution in [0.4, 0.5) is 0 Å². The highest BCUT2D eigenvalue weighted by Crippen LogP contribution is 2.42. The Morgan fingerprint density at radius 3 is 2.29 bits per heavy atom. The number of aromatic hydroxyl groups is 2. The van der Waals surface area contributed by atoms with E-state index in [1.807, 2.05) is 0 Å². The first-order valence-corrected chi connectivity index (χ1v) is 4.87. The maximum atomic E-state index is 10.2. The maximum Gasteiger partial charge on any atom is 0.125 e. The van der Waals surface area contributed by atoms with Crippen LogP contribution in [0.25, 0.3) is 0 Å². The Bertz CT molecular complexity index is 340. The van der Waals surface area contributed by atoms with Crippen LogP contribution in [0.3, 0.4) is 0 Å². The van der Waals surface area contributed by atoms with Crippen molar-refractivity contribution in [3.63, 3.8) is 0 Å². The third kappa shape index (κ3) is 1.44. The lowest BCUT2D eigenvalue weighted by molar-refractivity contribution is 0.0420. The van der Waals surface area contributed by atoms with Crippen LogP contribution in [0, 0.1) is 0 Å². The van der Waals surface area contributed by atoms with Crippen LogP contribution in [0.15, 0.2) is 18.2 Å². The molecule has 1 aliphatic rings. The van der Waals surface area contributed by atoms with Crippen molar-refractivity contribution in [1.29, 1.82) is 0 Å². The second kappa shape index (κ2) is 3.17. The minimum atomic E-state index is -0.891. The lowest BCUT2D eigenvalue weighted by Crippen LogP contribution is -2.20. The van der Waals surface area contributed by atoms with Crippen molar-refractivity contribution in [1.82, 2.24) is 0 Å². The molecular weight excluding hydrogens is 180 g/mol. The summed E-state index contributed by atoms with van der Waals surface area (Å²) in [7, 11) is 0. The Morgan fingerprint density at radius 2 is 1.71 bits per heavy atom. The molecule has 1 aromatic rings. The van der Waals surface area contributed by atoms with E-state index in [-0.39, 0.29) is 11.5 Å². The molecule has 0 atom stereocenters. The van der Waals surface area contributed by atoms with E-state index in [4.69, 9.17) is 5.11 Å². The summed E-state index contributed by atoms with van der Waals surface area (Å²) in [4.78, 5) is 0. The minimum absolute atomic E-state index is 0.0191. The fourth-order valence-corrected chi connectivity index (χ4v) is 2.14. The van der Waals surface area contributed by atoms with Gasteiger partial charge in [0, 0.05) is 11.6 Å². The number of benzene rings is 1. The highest BCUT2D eigenvalue weighted by Gasteiger charge is 2.35. The van der Waals surface area contributed by atoms with Gasteiger partial charge in [0.2, 0.25) is 0 Å². The van der Waals surface area contributed by atoms with Gasteiger partial charge in [-0.25, -0.2) is 0 Å². The molecule has 14 heavy (non-hydrogen) atoms. The predicted octanol–water partition coefficient (Wildman–Crippen LogP) is 1.86. The smallest absolute Gasteiger partial charge is 0.125 e. The average molecular weight is 194 g/mol. The lowest BCUT2D eigenvalue weighted by atomic mass is 9.91. The summed E-state index contributed by atoms with van der Waals surface area (Å²) < 4.78 is 0. The van der Waals surface area contributed by atoms with Gasteiger partial charge >= 0.3 is 0 Å². The SMILES string of the molecule is Oc1ccc(C2(O)CCCC2)c(O)c1. The summed E-state index contributed by atoms with van der Waals surface area (Å²) in [6.45, 7) is 0. The van der Waals surface area contributed by atoms with E-state index in [1.165, 1.54) is 12.1 Å². The van der Waals surface area contributed by atoms with Crippen molar-refractivity contribution in [3.05, 3.63) is 23.8 Å². The summed E-state index contributed by atoms with van der Waals surface area (Å²) in [5, 5.41) is 28.9. The van der Waals surface area contributed by atoms with E-state index in [0.717, 1.165) is 12.8 Å². The minimum Gasteiger partial charge on any atom is -0.508 e. The second-order valence-corrected chi connectivity index (χ2v) is 3.94. The molecule has 0 heterocycles. The van der Waals surface area contributed by atoms with Crippen LogP contribution >= 0.6 is 0 Å². The standard InChI is InChI=1S/C11H14O3/c12-8-3-4-9(10(13)7-8)11(14)5-1-2-6-11/h3-4,7,12-14H,1-2,5-6H2. The van der Waals surface area contributed by atoms with Gasteiger partial charge in [-0.1, -0.05) is 12.8 Å². The zero-order chi connectivity index (χ0) is 10.2. The van der Waals surface area contributed by atoms with Gasteiger partial charge < -0.3 is 15.3 Å². The molecule has 3 nitrogen and oxygen atoms in total. The highest BCUT2D eigenvalue weighted by atomic mass is 16.3. The molecule has 0 radical (unpaired) electrons. The lowest BCUT2D eigenvalue weighted by Gasteiger charge is -2.23. The first kappa shape index (κ1) is 9.34. The van der Waals surface area contributed by atoms with Crippen LogP contribution in [0.5, 0.6) is 11.5 Å². The predicted molar refractivity (Wildman–Crippen MR) is 52.1 cm³/mol. The zero-order valence-corrected chi connectivity index (χ0v) is 7.90. The first-order chi connectivity index (χ1) is 6.62. The maximum absolute atomic E-state index is 10.2. The molecule has 3 heteroatoms. The number of hydrogen-bond donors (Lipinski definition) is 3. The van der Waals surface area contributed by atoms with Gasteiger partial charge in [-0.2, -0.15) is 0 Å². The Balaban J connectivity index is 2.40. The van der Waals surface area contributed by atoms with Gasteiger partial charge in [-0.3, -0.25) is 0 Å². The van der Waals surface area contributed by atoms with Crippen molar-refractivity contribution in [2.75, 3.05) is 0 Å². The van der Waals surface area contributed by atoms with Gasteiger partial charge in [0.05, 0.1) is 5.60 Å². The van der Waals surface area contributed by atoms with Crippen molar-refractivity contribution < 1.29 is 15.3 Å².